The van der Waals surface area contributed by atoms with Crippen LogP contribution in [0.15, 0.2) is 30.3 Å². The molecule has 0 bridgehead atoms. The largest absolute Gasteiger partial charge is 0.480 e. The number of carbonyl (C=O) groups is 2. The molecule has 0 heterocycles. The van der Waals surface area contributed by atoms with Gasteiger partial charge in [0, 0.05) is 6.54 Å². The maximum absolute atomic E-state index is 11.3. The van der Waals surface area contributed by atoms with E-state index in [-0.39, 0.29) is 0 Å². The van der Waals surface area contributed by atoms with E-state index < -0.39 is 18.1 Å². The summed E-state index contributed by atoms with van der Waals surface area (Å²) in [5, 5.41) is 11.1. The lowest BCUT2D eigenvalue weighted by atomic mass is 10.2. The Kier molecular flexibility index (Phi) is 5.66. The minimum atomic E-state index is -1.04. The van der Waals surface area contributed by atoms with Crippen molar-refractivity contribution in [2.75, 3.05) is 6.54 Å². The summed E-state index contributed by atoms with van der Waals surface area (Å²) in [5.74, 6) is -0.584. The SMILES string of the molecule is N[C@H](CCCNC(=O)Oc1ccccc1)C(=O)O. The number of carbonyl (C=O) groups excluding carboxylic acids is 1. The second kappa shape index (κ2) is 7.29. The summed E-state index contributed by atoms with van der Waals surface area (Å²) in [6, 6.07) is 7.78. The minimum Gasteiger partial charge on any atom is -0.480 e. The number of amides is 1. The van der Waals surface area contributed by atoms with Gasteiger partial charge < -0.3 is 20.9 Å². The Morgan fingerprint density at radius 2 is 2.00 bits per heavy atom. The van der Waals surface area contributed by atoms with Crippen LogP contribution in [0.1, 0.15) is 12.8 Å². The van der Waals surface area contributed by atoms with Crippen LogP contribution < -0.4 is 15.8 Å². The summed E-state index contributed by atoms with van der Waals surface area (Å²) >= 11 is 0. The molecule has 0 radical (unpaired) electrons. The molecule has 4 N–H and O–H groups in total. The first kappa shape index (κ1) is 14.0. The number of ether oxygens (including phenoxy) is 1. The van der Waals surface area contributed by atoms with Crippen molar-refractivity contribution < 1.29 is 19.4 Å². The van der Waals surface area contributed by atoms with Crippen molar-refractivity contribution in [1.29, 1.82) is 0 Å². The summed E-state index contributed by atoms with van der Waals surface area (Å²) < 4.78 is 4.97. The van der Waals surface area contributed by atoms with E-state index in [9.17, 15) is 9.59 Å². The molecule has 98 valence electrons. The summed E-state index contributed by atoms with van der Waals surface area (Å²) in [4.78, 5) is 21.7. The lowest BCUT2D eigenvalue weighted by Crippen LogP contribution is -2.32. The predicted octanol–water partition coefficient (Wildman–Crippen LogP) is 0.967. The Morgan fingerprint density at radius 1 is 1.33 bits per heavy atom. The topological polar surface area (TPSA) is 102 Å². The minimum absolute atomic E-state index is 0.306. The molecule has 18 heavy (non-hydrogen) atoms. The fourth-order valence-electron chi connectivity index (χ4n) is 1.27. The highest BCUT2D eigenvalue weighted by atomic mass is 16.6. The highest BCUT2D eigenvalue weighted by molar-refractivity contribution is 5.73. The Hall–Kier alpha value is -2.08. The first-order chi connectivity index (χ1) is 8.59. The van der Waals surface area contributed by atoms with Gasteiger partial charge in [-0.25, -0.2) is 4.79 Å². The second-order valence-corrected chi connectivity index (χ2v) is 3.72. The Labute approximate surface area is 105 Å². The monoisotopic (exact) mass is 252 g/mol. The van der Waals surface area contributed by atoms with Crippen LogP contribution in [0.25, 0.3) is 0 Å². The van der Waals surface area contributed by atoms with E-state index in [2.05, 4.69) is 5.32 Å². The number of hydrogen-bond acceptors (Lipinski definition) is 4. The number of aliphatic carboxylic acids is 1. The summed E-state index contributed by atoms with van der Waals surface area (Å²) in [7, 11) is 0. The molecule has 6 heteroatoms. The third-order valence-electron chi connectivity index (χ3n) is 2.23. The summed E-state index contributed by atoms with van der Waals surface area (Å²) in [5.41, 5.74) is 5.31. The zero-order chi connectivity index (χ0) is 13.4. The number of para-hydroxylation sites is 1. The van der Waals surface area contributed by atoms with Gasteiger partial charge in [-0.15, -0.1) is 0 Å². The average Bonchev–Trinajstić information content (AvgIpc) is 2.35. The predicted molar refractivity (Wildman–Crippen MR) is 65.3 cm³/mol. The molecule has 1 amide bonds. The zero-order valence-electron chi connectivity index (χ0n) is 9.83. The fourth-order valence-corrected chi connectivity index (χ4v) is 1.27. The summed E-state index contributed by atoms with van der Waals surface area (Å²) in [6.45, 7) is 0.326. The molecule has 0 unspecified atom stereocenters. The maximum Gasteiger partial charge on any atom is 0.412 e. The number of hydrogen-bond donors (Lipinski definition) is 3. The van der Waals surface area contributed by atoms with Crippen molar-refractivity contribution in [2.24, 2.45) is 5.73 Å². The first-order valence-corrected chi connectivity index (χ1v) is 5.58. The number of rotatable bonds is 6. The highest BCUT2D eigenvalue weighted by Gasteiger charge is 2.10. The molecule has 0 aliphatic heterocycles. The molecule has 0 fully saturated rings. The molecule has 0 aliphatic rings. The lowest BCUT2D eigenvalue weighted by Gasteiger charge is -2.08. The molecule has 0 aliphatic carbocycles. The van der Waals surface area contributed by atoms with Crippen LogP contribution in [0.5, 0.6) is 5.75 Å². The van der Waals surface area contributed by atoms with Gasteiger partial charge in [0.05, 0.1) is 0 Å². The first-order valence-electron chi connectivity index (χ1n) is 5.58. The van der Waals surface area contributed by atoms with Gasteiger partial charge in [-0.1, -0.05) is 18.2 Å². The molecule has 1 aromatic carbocycles. The third kappa shape index (κ3) is 5.31. The number of carboxylic acids is 1. The van der Waals surface area contributed by atoms with Crippen LogP contribution in [0.3, 0.4) is 0 Å². The van der Waals surface area contributed by atoms with Crippen molar-refractivity contribution in [1.82, 2.24) is 5.32 Å². The quantitative estimate of drug-likeness (QED) is 0.655. The van der Waals surface area contributed by atoms with Crippen molar-refractivity contribution in [2.45, 2.75) is 18.9 Å². The number of nitrogens with one attached hydrogen (secondary N) is 1. The fraction of sp³-hybridized carbons (Fsp3) is 0.333. The van der Waals surface area contributed by atoms with Crippen LogP contribution in [-0.2, 0) is 4.79 Å². The third-order valence-corrected chi connectivity index (χ3v) is 2.23. The van der Waals surface area contributed by atoms with E-state index in [0.717, 1.165) is 0 Å². The van der Waals surface area contributed by atoms with Gasteiger partial charge in [-0.05, 0) is 25.0 Å². The molecular weight excluding hydrogens is 236 g/mol. The van der Waals surface area contributed by atoms with E-state index in [1.165, 1.54) is 0 Å². The van der Waals surface area contributed by atoms with Crippen LogP contribution in [-0.4, -0.2) is 29.8 Å². The van der Waals surface area contributed by atoms with Crippen molar-refractivity contribution in [3.63, 3.8) is 0 Å². The molecule has 6 nitrogen and oxygen atoms in total. The van der Waals surface area contributed by atoms with E-state index >= 15 is 0 Å². The van der Waals surface area contributed by atoms with Crippen molar-refractivity contribution in [3.05, 3.63) is 30.3 Å². The summed E-state index contributed by atoms with van der Waals surface area (Å²) in [6.07, 6.45) is 0.225. The normalized spacial score (nSPS) is 11.6. The number of nitrogens with two attached hydrogens (primary N) is 1. The highest BCUT2D eigenvalue weighted by Crippen LogP contribution is 2.08. The van der Waals surface area contributed by atoms with Gasteiger partial charge in [-0.2, -0.15) is 0 Å². The average molecular weight is 252 g/mol. The molecule has 0 saturated heterocycles. The standard InChI is InChI=1S/C12H16N2O4/c13-10(11(15)16)7-4-8-14-12(17)18-9-5-2-1-3-6-9/h1-3,5-6,10H,4,7-8,13H2,(H,14,17)(H,15,16)/t10-/m1/s1. The Balaban J connectivity index is 2.16. The van der Waals surface area contributed by atoms with E-state index in [0.29, 0.717) is 25.1 Å². The van der Waals surface area contributed by atoms with E-state index in [1.807, 2.05) is 6.07 Å². The van der Waals surface area contributed by atoms with Crippen LogP contribution in [0.4, 0.5) is 4.79 Å². The second-order valence-electron chi connectivity index (χ2n) is 3.72. The molecule has 1 aromatic rings. The number of carboxylic acid groups (broad SMARTS) is 1. The van der Waals surface area contributed by atoms with Crippen LogP contribution in [0, 0.1) is 0 Å². The molecule has 1 rings (SSSR count). The van der Waals surface area contributed by atoms with Crippen LogP contribution in [0.2, 0.25) is 0 Å². The number of benzene rings is 1. The molecule has 0 saturated carbocycles. The Morgan fingerprint density at radius 3 is 2.61 bits per heavy atom. The lowest BCUT2D eigenvalue weighted by molar-refractivity contribution is -0.138. The zero-order valence-corrected chi connectivity index (χ0v) is 9.83. The van der Waals surface area contributed by atoms with Gasteiger partial charge in [0.15, 0.2) is 0 Å². The van der Waals surface area contributed by atoms with Gasteiger partial charge >= 0.3 is 12.1 Å². The van der Waals surface area contributed by atoms with E-state index in [1.54, 1.807) is 24.3 Å². The van der Waals surface area contributed by atoms with Gasteiger partial charge in [0.2, 0.25) is 0 Å². The molecular formula is C12H16N2O4. The van der Waals surface area contributed by atoms with Gasteiger partial charge in [0.25, 0.3) is 0 Å². The maximum atomic E-state index is 11.3. The van der Waals surface area contributed by atoms with Gasteiger partial charge in [0.1, 0.15) is 11.8 Å². The smallest absolute Gasteiger partial charge is 0.412 e. The molecule has 0 aromatic heterocycles. The van der Waals surface area contributed by atoms with Crippen molar-refractivity contribution in [3.8, 4) is 5.75 Å². The molecule has 1 atom stereocenters. The van der Waals surface area contributed by atoms with Gasteiger partial charge in [-0.3, -0.25) is 4.79 Å². The van der Waals surface area contributed by atoms with Crippen molar-refractivity contribution >= 4 is 12.1 Å². The van der Waals surface area contributed by atoms with Crippen LogP contribution >= 0.6 is 0 Å². The Bertz CT molecular complexity index is 394. The van der Waals surface area contributed by atoms with E-state index in [4.69, 9.17) is 15.6 Å². The molecule has 0 spiro atoms.